The van der Waals surface area contributed by atoms with Gasteiger partial charge in [0.15, 0.2) is 0 Å². The average Bonchev–Trinajstić information content (AvgIpc) is 2.44. The van der Waals surface area contributed by atoms with Crippen LogP contribution in [0.2, 0.25) is 0 Å². The molecule has 0 N–H and O–H groups in total. The minimum atomic E-state index is -0.0378. The number of carbonyl (C=O) groups is 1. The van der Waals surface area contributed by atoms with Crippen LogP contribution in [-0.4, -0.2) is 12.6 Å². The highest BCUT2D eigenvalue weighted by Crippen LogP contribution is 2.11. The summed E-state index contributed by atoms with van der Waals surface area (Å²) in [5.74, 6) is 0.00689. The summed E-state index contributed by atoms with van der Waals surface area (Å²) in [6.07, 6.45) is 6.34. The van der Waals surface area contributed by atoms with E-state index in [0.29, 0.717) is 6.61 Å². The van der Waals surface area contributed by atoms with Crippen LogP contribution < -0.4 is 0 Å². The minimum Gasteiger partial charge on any atom is -0.465 e. The lowest BCUT2D eigenvalue weighted by Crippen LogP contribution is -2.15. The molecule has 19 heavy (non-hydrogen) atoms. The first-order valence-electron chi connectivity index (χ1n) is 7.44. The van der Waals surface area contributed by atoms with Crippen LogP contribution >= 0.6 is 0 Å². The summed E-state index contributed by atoms with van der Waals surface area (Å²) >= 11 is 0. The average molecular weight is 262 g/mol. The van der Waals surface area contributed by atoms with Crippen molar-refractivity contribution in [2.24, 2.45) is 5.92 Å². The summed E-state index contributed by atoms with van der Waals surface area (Å²) in [5, 5.41) is 0. The van der Waals surface area contributed by atoms with E-state index < -0.39 is 0 Å². The van der Waals surface area contributed by atoms with Gasteiger partial charge in [0.1, 0.15) is 0 Å². The van der Waals surface area contributed by atoms with Crippen molar-refractivity contribution in [3.8, 4) is 0 Å². The van der Waals surface area contributed by atoms with Crippen molar-refractivity contribution < 1.29 is 9.53 Å². The van der Waals surface area contributed by atoms with Gasteiger partial charge in [-0.1, -0.05) is 63.4 Å². The Morgan fingerprint density at radius 1 is 1.16 bits per heavy atom. The molecule has 0 radical (unpaired) electrons. The molecule has 0 saturated heterocycles. The predicted molar refractivity (Wildman–Crippen MR) is 79.0 cm³/mol. The predicted octanol–water partition coefficient (Wildman–Crippen LogP) is 4.38. The molecule has 0 fully saturated rings. The summed E-state index contributed by atoms with van der Waals surface area (Å²) < 4.78 is 5.32. The Morgan fingerprint density at radius 3 is 2.58 bits per heavy atom. The monoisotopic (exact) mass is 262 g/mol. The maximum Gasteiger partial charge on any atom is 0.308 e. The van der Waals surface area contributed by atoms with Crippen molar-refractivity contribution in [2.75, 3.05) is 6.61 Å². The van der Waals surface area contributed by atoms with Gasteiger partial charge in [-0.2, -0.15) is 0 Å². The number of aryl methyl sites for hydroxylation is 1. The van der Waals surface area contributed by atoms with Crippen LogP contribution in [0.25, 0.3) is 0 Å². The number of hydrogen-bond donors (Lipinski definition) is 0. The molecule has 0 aliphatic heterocycles. The van der Waals surface area contributed by atoms with Gasteiger partial charge in [0.05, 0.1) is 12.5 Å². The minimum absolute atomic E-state index is 0.0378. The van der Waals surface area contributed by atoms with Crippen molar-refractivity contribution in [3.63, 3.8) is 0 Å². The lowest BCUT2D eigenvalue weighted by atomic mass is 10.0. The van der Waals surface area contributed by atoms with Crippen molar-refractivity contribution in [2.45, 2.75) is 52.4 Å². The number of hydrogen-bond acceptors (Lipinski definition) is 2. The summed E-state index contributed by atoms with van der Waals surface area (Å²) in [4.78, 5) is 11.7. The maximum atomic E-state index is 11.7. The highest BCUT2D eigenvalue weighted by molar-refractivity contribution is 5.71. The van der Waals surface area contributed by atoms with E-state index in [-0.39, 0.29) is 11.9 Å². The van der Waals surface area contributed by atoms with Gasteiger partial charge in [-0.15, -0.1) is 0 Å². The number of benzene rings is 1. The summed E-state index contributed by atoms with van der Waals surface area (Å²) in [6, 6.07) is 10.3. The van der Waals surface area contributed by atoms with Crippen LogP contribution in [0.3, 0.4) is 0 Å². The quantitative estimate of drug-likeness (QED) is 0.487. The molecule has 0 spiro atoms. The second-order valence-electron chi connectivity index (χ2n) is 5.15. The van der Waals surface area contributed by atoms with Gasteiger partial charge in [0.2, 0.25) is 0 Å². The summed E-state index contributed by atoms with van der Waals surface area (Å²) in [5.41, 5.74) is 1.30. The van der Waals surface area contributed by atoms with Gasteiger partial charge in [-0.3, -0.25) is 4.79 Å². The Balaban J connectivity index is 2.09. The Labute approximate surface area is 117 Å². The van der Waals surface area contributed by atoms with Crippen LogP contribution in [-0.2, 0) is 16.0 Å². The van der Waals surface area contributed by atoms with Crippen LogP contribution in [0.4, 0.5) is 0 Å². The first kappa shape index (κ1) is 15.7. The molecule has 0 bridgehead atoms. The number of ether oxygens (including phenoxy) is 1. The number of unbranched alkanes of at least 4 members (excludes halogenated alkanes) is 2. The third kappa shape index (κ3) is 7.00. The highest BCUT2D eigenvalue weighted by atomic mass is 16.5. The molecule has 1 unspecified atom stereocenters. The van der Waals surface area contributed by atoms with Gasteiger partial charge < -0.3 is 4.74 Å². The summed E-state index contributed by atoms with van der Waals surface area (Å²) in [7, 11) is 0. The molecule has 0 saturated carbocycles. The fourth-order valence-corrected chi connectivity index (χ4v) is 2.05. The Bertz CT molecular complexity index is 346. The zero-order valence-electron chi connectivity index (χ0n) is 12.2. The zero-order chi connectivity index (χ0) is 13.9. The Hall–Kier alpha value is -1.31. The van der Waals surface area contributed by atoms with Gasteiger partial charge >= 0.3 is 5.97 Å². The first-order valence-corrected chi connectivity index (χ1v) is 7.44. The van der Waals surface area contributed by atoms with Crippen molar-refractivity contribution in [3.05, 3.63) is 35.9 Å². The molecule has 1 aromatic rings. The molecule has 2 nitrogen and oxygen atoms in total. The zero-order valence-corrected chi connectivity index (χ0v) is 12.2. The topological polar surface area (TPSA) is 26.3 Å². The molecule has 0 heterocycles. The normalized spacial score (nSPS) is 12.1. The largest absolute Gasteiger partial charge is 0.465 e. The standard InChI is InChI=1S/C17H26O2/c1-3-4-6-10-15(2)17(18)19-14-9-13-16-11-7-5-8-12-16/h5,7-8,11-12,15H,3-4,6,9-10,13-14H2,1-2H3. The summed E-state index contributed by atoms with van der Waals surface area (Å²) in [6.45, 7) is 4.67. The molecular formula is C17H26O2. The van der Waals surface area contributed by atoms with Crippen LogP contribution in [0.1, 0.15) is 51.5 Å². The molecule has 106 valence electrons. The molecular weight excluding hydrogens is 236 g/mol. The highest BCUT2D eigenvalue weighted by Gasteiger charge is 2.13. The SMILES string of the molecule is CCCCCC(C)C(=O)OCCCc1ccccc1. The molecule has 0 aliphatic carbocycles. The van der Waals surface area contributed by atoms with Crippen molar-refractivity contribution >= 4 is 5.97 Å². The molecule has 0 aromatic heterocycles. The third-order valence-corrected chi connectivity index (χ3v) is 3.34. The van der Waals surface area contributed by atoms with Gasteiger partial charge in [-0.25, -0.2) is 0 Å². The second kappa shape index (κ2) is 9.60. The van der Waals surface area contributed by atoms with Crippen LogP contribution in [0.5, 0.6) is 0 Å². The molecule has 0 amide bonds. The van der Waals surface area contributed by atoms with E-state index in [9.17, 15) is 4.79 Å². The molecule has 1 aromatic carbocycles. The molecule has 1 atom stereocenters. The lowest BCUT2D eigenvalue weighted by molar-refractivity contribution is -0.148. The van der Waals surface area contributed by atoms with E-state index in [4.69, 9.17) is 4.74 Å². The fraction of sp³-hybridized carbons (Fsp3) is 0.588. The Kier molecular flexibility index (Phi) is 7.95. The molecule has 0 aliphatic rings. The van der Waals surface area contributed by atoms with Crippen LogP contribution in [0.15, 0.2) is 30.3 Å². The Morgan fingerprint density at radius 2 is 1.89 bits per heavy atom. The fourth-order valence-electron chi connectivity index (χ4n) is 2.05. The maximum absolute atomic E-state index is 11.7. The molecule has 1 rings (SSSR count). The first-order chi connectivity index (χ1) is 9.24. The molecule has 2 heteroatoms. The number of rotatable bonds is 9. The number of carbonyl (C=O) groups excluding carboxylic acids is 1. The van der Waals surface area contributed by atoms with Gasteiger partial charge in [0, 0.05) is 0 Å². The van der Waals surface area contributed by atoms with Crippen molar-refractivity contribution in [1.82, 2.24) is 0 Å². The van der Waals surface area contributed by atoms with E-state index in [0.717, 1.165) is 25.7 Å². The third-order valence-electron chi connectivity index (χ3n) is 3.34. The van der Waals surface area contributed by atoms with Crippen molar-refractivity contribution in [1.29, 1.82) is 0 Å². The second-order valence-corrected chi connectivity index (χ2v) is 5.15. The van der Waals surface area contributed by atoms with E-state index in [1.165, 1.54) is 18.4 Å². The smallest absolute Gasteiger partial charge is 0.308 e. The van der Waals surface area contributed by atoms with E-state index in [1.54, 1.807) is 0 Å². The lowest BCUT2D eigenvalue weighted by Gasteiger charge is -2.11. The van der Waals surface area contributed by atoms with Crippen LogP contribution in [0, 0.1) is 5.92 Å². The van der Waals surface area contributed by atoms with Gasteiger partial charge in [0.25, 0.3) is 0 Å². The van der Waals surface area contributed by atoms with E-state index >= 15 is 0 Å². The van der Waals surface area contributed by atoms with E-state index in [2.05, 4.69) is 19.1 Å². The number of esters is 1. The van der Waals surface area contributed by atoms with E-state index in [1.807, 2.05) is 25.1 Å². The van der Waals surface area contributed by atoms with Gasteiger partial charge in [-0.05, 0) is 24.8 Å².